The highest BCUT2D eigenvalue weighted by atomic mass is 32.2. The number of anilines is 2. The molecule has 28 heavy (non-hydrogen) atoms. The summed E-state index contributed by atoms with van der Waals surface area (Å²) in [7, 11) is -3.52. The SMILES string of the molecule is O=C(NCc1cccnc1)Nc1ccc(NS(=O)(=O)Cc2ccccc2)cc1. The Morgan fingerprint density at radius 1 is 0.857 bits per heavy atom. The zero-order chi connectivity index (χ0) is 19.8. The maximum absolute atomic E-state index is 12.3. The van der Waals surface area contributed by atoms with Gasteiger partial charge in [0, 0.05) is 30.3 Å². The van der Waals surface area contributed by atoms with Gasteiger partial charge in [0.2, 0.25) is 10.0 Å². The van der Waals surface area contributed by atoms with E-state index in [1.165, 1.54) is 0 Å². The second kappa shape index (κ2) is 9.01. The summed E-state index contributed by atoms with van der Waals surface area (Å²) in [4.78, 5) is 15.9. The van der Waals surface area contributed by atoms with E-state index in [1.54, 1.807) is 67.0 Å². The molecule has 144 valence electrons. The van der Waals surface area contributed by atoms with Gasteiger partial charge in [-0.15, -0.1) is 0 Å². The third-order valence-electron chi connectivity index (χ3n) is 3.79. The number of nitrogens with zero attached hydrogens (tertiary/aromatic N) is 1. The Hall–Kier alpha value is -3.39. The van der Waals surface area contributed by atoms with Crippen molar-refractivity contribution in [3.05, 3.63) is 90.3 Å². The van der Waals surface area contributed by atoms with Crippen molar-refractivity contribution in [1.29, 1.82) is 0 Å². The van der Waals surface area contributed by atoms with Gasteiger partial charge in [-0.3, -0.25) is 9.71 Å². The van der Waals surface area contributed by atoms with Crippen molar-refractivity contribution in [2.75, 3.05) is 10.0 Å². The minimum Gasteiger partial charge on any atom is -0.334 e. The lowest BCUT2D eigenvalue weighted by Gasteiger charge is -2.10. The van der Waals surface area contributed by atoms with Crippen molar-refractivity contribution in [3.8, 4) is 0 Å². The second-order valence-electron chi connectivity index (χ2n) is 6.09. The molecule has 3 rings (SSSR count). The molecule has 0 saturated heterocycles. The number of rotatable bonds is 7. The van der Waals surface area contributed by atoms with Gasteiger partial charge in [-0.1, -0.05) is 36.4 Å². The van der Waals surface area contributed by atoms with E-state index in [0.717, 1.165) is 5.56 Å². The molecular weight excluding hydrogens is 376 g/mol. The molecule has 0 aliphatic heterocycles. The third kappa shape index (κ3) is 6.10. The number of hydrogen-bond donors (Lipinski definition) is 3. The molecule has 2 aromatic carbocycles. The van der Waals surface area contributed by atoms with Crippen LogP contribution in [0.2, 0.25) is 0 Å². The molecular formula is C20H20N4O3S. The summed E-state index contributed by atoms with van der Waals surface area (Å²) in [5.74, 6) is -0.107. The number of carbonyl (C=O) groups excluding carboxylic acids is 1. The summed E-state index contributed by atoms with van der Waals surface area (Å²) < 4.78 is 27.0. The minimum absolute atomic E-state index is 0.107. The summed E-state index contributed by atoms with van der Waals surface area (Å²) in [6.07, 6.45) is 3.34. The van der Waals surface area contributed by atoms with Crippen LogP contribution in [0, 0.1) is 0 Å². The second-order valence-corrected chi connectivity index (χ2v) is 7.82. The zero-order valence-electron chi connectivity index (χ0n) is 15.0. The fourth-order valence-corrected chi connectivity index (χ4v) is 3.69. The van der Waals surface area contributed by atoms with Crippen molar-refractivity contribution in [1.82, 2.24) is 10.3 Å². The van der Waals surface area contributed by atoms with Crippen LogP contribution in [0.5, 0.6) is 0 Å². The molecule has 0 spiro atoms. The number of urea groups is 1. The molecule has 0 aliphatic rings. The predicted molar refractivity (Wildman–Crippen MR) is 109 cm³/mol. The van der Waals surface area contributed by atoms with Crippen LogP contribution in [-0.4, -0.2) is 19.4 Å². The summed E-state index contributed by atoms with van der Waals surface area (Å²) in [5.41, 5.74) is 2.58. The molecule has 0 unspecified atom stereocenters. The quantitative estimate of drug-likeness (QED) is 0.570. The van der Waals surface area contributed by atoms with Crippen molar-refractivity contribution in [2.24, 2.45) is 0 Å². The van der Waals surface area contributed by atoms with Gasteiger partial charge >= 0.3 is 6.03 Å². The number of hydrogen-bond acceptors (Lipinski definition) is 4. The van der Waals surface area contributed by atoms with E-state index in [4.69, 9.17) is 0 Å². The first-order valence-corrected chi connectivity index (χ1v) is 10.2. The molecule has 2 amide bonds. The monoisotopic (exact) mass is 396 g/mol. The van der Waals surface area contributed by atoms with Crippen molar-refractivity contribution >= 4 is 27.4 Å². The fraction of sp³-hybridized carbons (Fsp3) is 0.100. The lowest BCUT2D eigenvalue weighted by Crippen LogP contribution is -2.28. The van der Waals surface area contributed by atoms with Gasteiger partial charge in [-0.2, -0.15) is 0 Å². The molecule has 1 heterocycles. The number of nitrogens with one attached hydrogen (secondary N) is 3. The largest absolute Gasteiger partial charge is 0.334 e. The summed E-state index contributed by atoms with van der Waals surface area (Å²) >= 11 is 0. The number of aromatic nitrogens is 1. The molecule has 0 bridgehead atoms. The zero-order valence-corrected chi connectivity index (χ0v) is 15.8. The van der Waals surface area contributed by atoms with Gasteiger partial charge in [0.1, 0.15) is 0 Å². The van der Waals surface area contributed by atoms with Crippen LogP contribution in [0.25, 0.3) is 0 Å². The third-order valence-corrected chi connectivity index (χ3v) is 5.05. The fourth-order valence-electron chi connectivity index (χ4n) is 2.49. The number of carbonyl (C=O) groups is 1. The standard InChI is InChI=1S/C20H20N4O3S/c25-20(22-14-17-7-4-12-21-13-17)23-18-8-10-19(11-9-18)24-28(26,27)15-16-5-2-1-3-6-16/h1-13,24H,14-15H2,(H2,22,23,25). The molecule has 8 heteroatoms. The molecule has 7 nitrogen and oxygen atoms in total. The van der Waals surface area contributed by atoms with Crippen molar-refractivity contribution < 1.29 is 13.2 Å². The molecule has 0 fully saturated rings. The van der Waals surface area contributed by atoms with Gasteiger partial charge in [-0.05, 0) is 41.5 Å². The first kappa shape index (κ1) is 19.4. The highest BCUT2D eigenvalue weighted by molar-refractivity contribution is 7.91. The maximum Gasteiger partial charge on any atom is 0.319 e. The van der Waals surface area contributed by atoms with E-state index in [1.807, 2.05) is 12.1 Å². The summed E-state index contributed by atoms with van der Waals surface area (Å²) in [6.45, 7) is 0.358. The molecule has 0 saturated carbocycles. The molecule has 0 radical (unpaired) electrons. The van der Waals surface area contributed by atoms with Gasteiger partial charge in [-0.25, -0.2) is 13.2 Å². The van der Waals surface area contributed by atoms with Gasteiger partial charge in [0.05, 0.1) is 5.75 Å². The number of amides is 2. The molecule has 3 N–H and O–H groups in total. The van der Waals surface area contributed by atoms with Gasteiger partial charge in [0.25, 0.3) is 0 Å². The Morgan fingerprint density at radius 2 is 1.54 bits per heavy atom. The average molecular weight is 396 g/mol. The topological polar surface area (TPSA) is 100 Å². The highest BCUT2D eigenvalue weighted by Gasteiger charge is 2.11. The Labute approximate surface area is 163 Å². The molecule has 0 aliphatic carbocycles. The smallest absolute Gasteiger partial charge is 0.319 e. The van der Waals surface area contributed by atoms with Crippen LogP contribution >= 0.6 is 0 Å². The molecule has 0 atom stereocenters. The van der Waals surface area contributed by atoms with E-state index in [-0.39, 0.29) is 11.8 Å². The van der Waals surface area contributed by atoms with E-state index in [2.05, 4.69) is 20.3 Å². The average Bonchev–Trinajstić information content (AvgIpc) is 2.69. The van der Waals surface area contributed by atoms with Crippen LogP contribution in [-0.2, 0) is 22.3 Å². The summed E-state index contributed by atoms with van der Waals surface area (Å²) in [6, 6.07) is 18.7. The number of sulfonamides is 1. The van der Waals surface area contributed by atoms with Crippen LogP contribution in [0.3, 0.4) is 0 Å². The Morgan fingerprint density at radius 3 is 2.21 bits per heavy atom. The number of benzene rings is 2. The molecule has 1 aromatic heterocycles. The Kier molecular flexibility index (Phi) is 6.23. The van der Waals surface area contributed by atoms with Crippen LogP contribution in [0.1, 0.15) is 11.1 Å². The summed E-state index contributed by atoms with van der Waals surface area (Å²) in [5, 5.41) is 5.42. The van der Waals surface area contributed by atoms with E-state index >= 15 is 0 Å². The van der Waals surface area contributed by atoms with Crippen LogP contribution < -0.4 is 15.4 Å². The van der Waals surface area contributed by atoms with Gasteiger partial charge < -0.3 is 10.6 Å². The lowest BCUT2D eigenvalue weighted by atomic mass is 10.2. The first-order valence-electron chi connectivity index (χ1n) is 8.58. The lowest BCUT2D eigenvalue weighted by molar-refractivity contribution is 0.251. The van der Waals surface area contributed by atoms with Crippen LogP contribution in [0.15, 0.2) is 79.1 Å². The Bertz CT molecular complexity index is 1010. The van der Waals surface area contributed by atoms with Crippen molar-refractivity contribution in [2.45, 2.75) is 12.3 Å². The maximum atomic E-state index is 12.3. The van der Waals surface area contributed by atoms with E-state index in [9.17, 15) is 13.2 Å². The Balaban J connectivity index is 1.52. The van der Waals surface area contributed by atoms with E-state index in [0.29, 0.717) is 23.5 Å². The van der Waals surface area contributed by atoms with Crippen molar-refractivity contribution in [3.63, 3.8) is 0 Å². The van der Waals surface area contributed by atoms with E-state index < -0.39 is 10.0 Å². The first-order chi connectivity index (χ1) is 13.5. The minimum atomic E-state index is -3.52. The van der Waals surface area contributed by atoms with Gasteiger partial charge in [0.15, 0.2) is 0 Å². The molecule has 3 aromatic rings. The predicted octanol–water partition coefficient (Wildman–Crippen LogP) is 3.35. The number of pyridine rings is 1. The normalized spacial score (nSPS) is 10.9. The van der Waals surface area contributed by atoms with Crippen LogP contribution in [0.4, 0.5) is 16.2 Å². The highest BCUT2D eigenvalue weighted by Crippen LogP contribution is 2.16.